The second kappa shape index (κ2) is 3.36. The van der Waals surface area contributed by atoms with E-state index in [1.807, 2.05) is 0 Å². The molecule has 0 aromatic heterocycles. The van der Waals surface area contributed by atoms with E-state index in [0.717, 1.165) is 25.7 Å². The van der Waals surface area contributed by atoms with Gasteiger partial charge in [0, 0.05) is 5.92 Å². The first kappa shape index (κ1) is 7.27. The lowest BCUT2D eigenvalue weighted by molar-refractivity contribution is 0.381. The molecule has 0 aromatic rings. The lowest BCUT2D eigenvalue weighted by Crippen LogP contribution is -2.16. The second-order valence-corrected chi connectivity index (χ2v) is 2.83. The summed E-state index contributed by atoms with van der Waals surface area (Å²) in [6.07, 6.45) is 4.26. The van der Waals surface area contributed by atoms with Gasteiger partial charge in [-0.05, 0) is 26.0 Å². The topological polar surface area (TPSA) is 36.1 Å². The molecule has 0 aromatic carbocycles. The molecular formula is C8H12N2. The Labute approximate surface area is 61.6 Å². The van der Waals surface area contributed by atoms with Crippen LogP contribution >= 0.6 is 0 Å². The van der Waals surface area contributed by atoms with E-state index in [2.05, 4.69) is 17.8 Å². The SMILES string of the molecule is C=NC1CCC[C@@H](C#N)C1. The van der Waals surface area contributed by atoms with Crippen molar-refractivity contribution < 1.29 is 0 Å². The highest BCUT2D eigenvalue weighted by Gasteiger charge is 2.19. The average molecular weight is 136 g/mol. The van der Waals surface area contributed by atoms with Crippen molar-refractivity contribution >= 4 is 6.72 Å². The summed E-state index contributed by atoms with van der Waals surface area (Å²) in [5.41, 5.74) is 0. The van der Waals surface area contributed by atoms with Crippen molar-refractivity contribution in [1.82, 2.24) is 0 Å². The Morgan fingerprint density at radius 1 is 1.50 bits per heavy atom. The van der Waals surface area contributed by atoms with Crippen molar-refractivity contribution in [2.75, 3.05) is 0 Å². The highest BCUT2D eigenvalue weighted by molar-refractivity contribution is 5.24. The number of nitrogens with zero attached hydrogens (tertiary/aromatic N) is 2. The van der Waals surface area contributed by atoms with E-state index in [-0.39, 0.29) is 5.92 Å². The van der Waals surface area contributed by atoms with Gasteiger partial charge in [-0.15, -0.1) is 0 Å². The predicted octanol–water partition coefficient (Wildman–Crippen LogP) is 1.77. The van der Waals surface area contributed by atoms with Gasteiger partial charge in [-0.1, -0.05) is 6.42 Å². The lowest BCUT2D eigenvalue weighted by atomic mass is 9.87. The Hall–Kier alpha value is -0.840. The highest BCUT2D eigenvalue weighted by atomic mass is 14.7. The highest BCUT2D eigenvalue weighted by Crippen LogP contribution is 2.25. The van der Waals surface area contributed by atoms with Crippen LogP contribution < -0.4 is 0 Å². The first-order valence-electron chi connectivity index (χ1n) is 3.72. The molecular weight excluding hydrogens is 124 g/mol. The van der Waals surface area contributed by atoms with E-state index >= 15 is 0 Å². The molecule has 1 fully saturated rings. The predicted molar refractivity (Wildman–Crippen MR) is 40.9 cm³/mol. The van der Waals surface area contributed by atoms with Gasteiger partial charge >= 0.3 is 0 Å². The van der Waals surface area contributed by atoms with Gasteiger partial charge < -0.3 is 0 Å². The lowest BCUT2D eigenvalue weighted by Gasteiger charge is -2.20. The van der Waals surface area contributed by atoms with Crippen molar-refractivity contribution in [2.45, 2.75) is 31.7 Å². The number of hydrogen-bond acceptors (Lipinski definition) is 2. The van der Waals surface area contributed by atoms with Gasteiger partial charge in [0.1, 0.15) is 0 Å². The first-order valence-corrected chi connectivity index (χ1v) is 3.72. The van der Waals surface area contributed by atoms with Crippen LogP contribution in [0, 0.1) is 17.2 Å². The molecule has 1 unspecified atom stereocenters. The maximum absolute atomic E-state index is 8.59. The second-order valence-electron chi connectivity index (χ2n) is 2.83. The quantitative estimate of drug-likeness (QED) is 0.506. The van der Waals surface area contributed by atoms with E-state index in [1.165, 1.54) is 0 Å². The standard InChI is InChI=1S/C8H12N2/c1-10-8-4-2-3-7(5-8)6-9/h7-8H,1-5H2/t7-,8?/m1/s1. The minimum Gasteiger partial charge on any atom is -0.298 e. The summed E-state index contributed by atoms with van der Waals surface area (Å²) in [7, 11) is 0. The third-order valence-electron chi connectivity index (χ3n) is 2.09. The van der Waals surface area contributed by atoms with Crippen molar-refractivity contribution in [3.63, 3.8) is 0 Å². The molecule has 2 atom stereocenters. The smallest absolute Gasteiger partial charge is 0.0656 e. The van der Waals surface area contributed by atoms with Crippen LogP contribution in [0.3, 0.4) is 0 Å². The summed E-state index contributed by atoms with van der Waals surface area (Å²) in [5.74, 6) is 0.240. The maximum Gasteiger partial charge on any atom is 0.0656 e. The molecule has 0 heterocycles. The Kier molecular flexibility index (Phi) is 2.44. The van der Waals surface area contributed by atoms with Crippen LogP contribution in [0.25, 0.3) is 0 Å². The van der Waals surface area contributed by atoms with E-state index < -0.39 is 0 Å². The summed E-state index contributed by atoms with van der Waals surface area (Å²) in [4.78, 5) is 3.94. The van der Waals surface area contributed by atoms with Crippen molar-refractivity contribution in [1.29, 1.82) is 5.26 Å². The molecule has 0 N–H and O–H groups in total. The summed E-state index contributed by atoms with van der Waals surface area (Å²) < 4.78 is 0. The number of nitriles is 1. The largest absolute Gasteiger partial charge is 0.298 e. The van der Waals surface area contributed by atoms with Crippen molar-refractivity contribution in [2.24, 2.45) is 10.9 Å². The van der Waals surface area contributed by atoms with Crippen LogP contribution in [0.15, 0.2) is 4.99 Å². The molecule has 0 radical (unpaired) electrons. The molecule has 2 heteroatoms. The van der Waals surface area contributed by atoms with Crippen LogP contribution in [0.5, 0.6) is 0 Å². The van der Waals surface area contributed by atoms with Gasteiger partial charge in [0.05, 0.1) is 12.1 Å². The third kappa shape index (κ3) is 1.57. The van der Waals surface area contributed by atoms with E-state index in [4.69, 9.17) is 5.26 Å². The van der Waals surface area contributed by atoms with Crippen LogP contribution in [0.4, 0.5) is 0 Å². The fourth-order valence-corrected chi connectivity index (χ4v) is 1.45. The van der Waals surface area contributed by atoms with Gasteiger partial charge in [-0.25, -0.2) is 0 Å². The minimum absolute atomic E-state index is 0.240. The molecule has 54 valence electrons. The Bertz CT molecular complexity index is 157. The summed E-state index contributed by atoms with van der Waals surface area (Å²) in [5, 5.41) is 8.59. The van der Waals surface area contributed by atoms with E-state index in [0.29, 0.717) is 6.04 Å². The summed E-state index contributed by atoms with van der Waals surface area (Å²) >= 11 is 0. The zero-order valence-electron chi connectivity index (χ0n) is 6.08. The monoisotopic (exact) mass is 136 g/mol. The third-order valence-corrected chi connectivity index (χ3v) is 2.09. The van der Waals surface area contributed by atoms with Crippen molar-refractivity contribution in [3.05, 3.63) is 0 Å². The number of aliphatic imine (C=N–C) groups is 1. The molecule has 0 saturated heterocycles. The molecule has 1 rings (SSSR count). The number of rotatable bonds is 1. The zero-order chi connectivity index (χ0) is 7.40. The van der Waals surface area contributed by atoms with Crippen LogP contribution in [0.1, 0.15) is 25.7 Å². The molecule has 1 saturated carbocycles. The molecule has 0 bridgehead atoms. The van der Waals surface area contributed by atoms with E-state index in [1.54, 1.807) is 0 Å². The van der Waals surface area contributed by atoms with Crippen LogP contribution in [-0.2, 0) is 0 Å². The van der Waals surface area contributed by atoms with Gasteiger partial charge in [0.25, 0.3) is 0 Å². The fourth-order valence-electron chi connectivity index (χ4n) is 1.45. The van der Waals surface area contributed by atoms with Crippen LogP contribution in [-0.4, -0.2) is 12.8 Å². The van der Waals surface area contributed by atoms with E-state index in [9.17, 15) is 0 Å². The normalized spacial score (nSPS) is 32.7. The minimum atomic E-state index is 0.240. The molecule has 1 aliphatic rings. The molecule has 0 amide bonds. The molecule has 0 spiro atoms. The first-order chi connectivity index (χ1) is 4.86. The molecule has 2 nitrogen and oxygen atoms in total. The van der Waals surface area contributed by atoms with Gasteiger partial charge in [0.15, 0.2) is 0 Å². The maximum atomic E-state index is 8.59. The summed E-state index contributed by atoms with van der Waals surface area (Å²) in [6.45, 7) is 3.49. The Balaban J connectivity index is 2.40. The average Bonchev–Trinajstić information content (AvgIpc) is 2.05. The molecule has 10 heavy (non-hydrogen) atoms. The van der Waals surface area contributed by atoms with Gasteiger partial charge in [-0.3, -0.25) is 4.99 Å². The molecule has 1 aliphatic carbocycles. The summed E-state index contributed by atoms with van der Waals surface area (Å²) in [6, 6.07) is 2.64. The van der Waals surface area contributed by atoms with Gasteiger partial charge in [-0.2, -0.15) is 5.26 Å². The van der Waals surface area contributed by atoms with Crippen LogP contribution in [0.2, 0.25) is 0 Å². The number of hydrogen-bond donors (Lipinski definition) is 0. The Morgan fingerprint density at radius 2 is 2.30 bits per heavy atom. The molecule has 0 aliphatic heterocycles. The van der Waals surface area contributed by atoms with Crippen molar-refractivity contribution in [3.8, 4) is 6.07 Å². The Morgan fingerprint density at radius 3 is 2.90 bits per heavy atom. The fraction of sp³-hybridized carbons (Fsp3) is 0.750. The van der Waals surface area contributed by atoms with Gasteiger partial charge in [0.2, 0.25) is 0 Å². The zero-order valence-corrected chi connectivity index (χ0v) is 6.08.